The third kappa shape index (κ3) is 8.15. The van der Waals surface area contributed by atoms with E-state index in [-0.39, 0.29) is 5.41 Å². The summed E-state index contributed by atoms with van der Waals surface area (Å²) in [6.07, 6.45) is 8.12. The van der Waals surface area contributed by atoms with E-state index in [9.17, 15) is 5.11 Å². The Bertz CT molecular complexity index is 235. The number of aliphatic hydroxyl groups excluding tert-OH is 1. The Labute approximate surface area is 130 Å². The Morgan fingerprint density at radius 2 is 1.67 bits per heavy atom. The van der Waals surface area contributed by atoms with Gasteiger partial charge in [0.2, 0.25) is 0 Å². The molecule has 1 saturated heterocycles. The number of hydrogen-bond donors (Lipinski definition) is 1. The lowest BCUT2D eigenvalue weighted by molar-refractivity contribution is -0.157. The van der Waals surface area contributed by atoms with E-state index in [4.69, 9.17) is 14.2 Å². The van der Waals surface area contributed by atoms with Gasteiger partial charge in [-0.2, -0.15) is 0 Å². The van der Waals surface area contributed by atoms with Crippen molar-refractivity contribution in [2.75, 3.05) is 39.6 Å². The number of hydrogen-bond acceptors (Lipinski definition) is 4. The Morgan fingerprint density at radius 1 is 1.00 bits per heavy atom. The Morgan fingerprint density at radius 3 is 2.29 bits per heavy atom. The summed E-state index contributed by atoms with van der Waals surface area (Å²) in [4.78, 5) is 0. The first kappa shape index (κ1) is 18.9. The summed E-state index contributed by atoms with van der Waals surface area (Å²) in [5.74, 6) is 0. The van der Waals surface area contributed by atoms with Crippen LogP contribution in [-0.4, -0.2) is 50.9 Å². The van der Waals surface area contributed by atoms with Crippen molar-refractivity contribution in [3.8, 4) is 0 Å². The normalized spacial score (nSPS) is 18.4. The van der Waals surface area contributed by atoms with E-state index < -0.39 is 6.10 Å². The second kappa shape index (κ2) is 11.4. The Kier molecular flexibility index (Phi) is 10.3. The summed E-state index contributed by atoms with van der Waals surface area (Å²) < 4.78 is 16.3. The van der Waals surface area contributed by atoms with Crippen LogP contribution in [0.25, 0.3) is 0 Å². The van der Waals surface area contributed by atoms with E-state index in [0.717, 1.165) is 32.7 Å². The van der Waals surface area contributed by atoms with Crippen molar-refractivity contribution in [1.82, 2.24) is 0 Å². The molecule has 21 heavy (non-hydrogen) atoms. The predicted molar refractivity (Wildman–Crippen MR) is 84.6 cm³/mol. The molecule has 1 N–H and O–H groups in total. The molecule has 1 atom stereocenters. The van der Waals surface area contributed by atoms with E-state index in [0.29, 0.717) is 19.8 Å². The molecule has 0 aromatic rings. The minimum atomic E-state index is -0.514. The van der Waals surface area contributed by atoms with Crippen molar-refractivity contribution in [3.05, 3.63) is 0 Å². The monoisotopic (exact) mass is 302 g/mol. The van der Waals surface area contributed by atoms with Gasteiger partial charge in [0.1, 0.15) is 6.10 Å². The molecule has 0 aromatic carbocycles. The van der Waals surface area contributed by atoms with E-state index >= 15 is 0 Å². The van der Waals surface area contributed by atoms with Crippen LogP contribution in [0, 0.1) is 5.41 Å². The Hall–Kier alpha value is -0.160. The highest BCUT2D eigenvalue weighted by Crippen LogP contribution is 2.31. The average Bonchev–Trinajstić information content (AvgIpc) is 2.45. The zero-order chi connectivity index (χ0) is 15.4. The molecule has 1 heterocycles. The highest BCUT2D eigenvalue weighted by Gasteiger charge is 2.37. The average molecular weight is 302 g/mol. The highest BCUT2D eigenvalue weighted by atomic mass is 16.5. The SMILES string of the molecule is CCCCCCCCOCC(O)COCC1(CC)COC1. The Balaban J connectivity index is 1.86. The van der Waals surface area contributed by atoms with Crippen LogP contribution in [0.2, 0.25) is 0 Å². The fraction of sp³-hybridized carbons (Fsp3) is 1.00. The first-order valence-electron chi connectivity index (χ1n) is 8.64. The molecule has 0 aliphatic carbocycles. The third-order valence-electron chi connectivity index (χ3n) is 4.24. The zero-order valence-corrected chi connectivity index (χ0v) is 13.9. The summed E-state index contributed by atoms with van der Waals surface area (Å²) in [5.41, 5.74) is 0.194. The van der Waals surface area contributed by atoms with Gasteiger partial charge in [0.25, 0.3) is 0 Å². The first-order valence-corrected chi connectivity index (χ1v) is 8.64. The summed E-state index contributed by atoms with van der Waals surface area (Å²) in [5, 5.41) is 9.80. The second-order valence-corrected chi connectivity index (χ2v) is 6.36. The lowest BCUT2D eigenvalue weighted by Gasteiger charge is -2.40. The van der Waals surface area contributed by atoms with E-state index in [2.05, 4.69) is 13.8 Å². The molecule has 0 aromatic heterocycles. The molecule has 0 spiro atoms. The van der Waals surface area contributed by atoms with Crippen LogP contribution in [0.15, 0.2) is 0 Å². The fourth-order valence-electron chi connectivity index (χ4n) is 2.44. The van der Waals surface area contributed by atoms with Crippen LogP contribution in [-0.2, 0) is 14.2 Å². The maximum absolute atomic E-state index is 9.80. The minimum Gasteiger partial charge on any atom is -0.388 e. The van der Waals surface area contributed by atoms with Gasteiger partial charge in [-0.05, 0) is 12.8 Å². The van der Waals surface area contributed by atoms with Crippen LogP contribution in [0.5, 0.6) is 0 Å². The van der Waals surface area contributed by atoms with Crippen molar-refractivity contribution < 1.29 is 19.3 Å². The molecule has 1 aliphatic heterocycles. The van der Waals surface area contributed by atoms with Gasteiger partial charge in [-0.3, -0.25) is 0 Å². The van der Waals surface area contributed by atoms with Crippen molar-refractivity contribution in [3.63, 3.8) is 0 Å². The van der Waals surface area contributed by atoms with Crippen molar-refractivity contribution in [2.24, 2.45) is 5.41 Å². The second-order valence-electron chi connectivity index (χ2n) is 6.36. The maximum Gasteiger partial charge on any atom is 0.101 e. The van der Waals surface area contributed by atoms with E-state index in [1.807, 2.05) is 0 Å². The smallest absolute Gasteiger partial charge is 0.101 e. The molecule has 1 fully saturated rings. The van der Waals surface area contributed by atoms with Gasteiger partial charge in [-0.1, -0.05) is 46.0 Å². The molecule has 0 amide bonds. The number of ether oxygens (including phenoxy) is 3. The van der Waals surface area contributed by atoms with Gasteiger partial charge in [-0.15, -0.1) is 0 Å². The van der Waals surface area contributed by atoms with Gasteiger partial charge in [-0.25, -0.2) is 0 Å². The van der Waals surface area contributed by atoms with Gasteiger partial charge in [0.15, 0.2) is 0 Å². The summed E-state index contributed by atoms with van der Waals surface area (Å²) in [6.45, 7) is 8.12. The van der Waals surface area contributed by atoms with Crippen molar-refractivity contribution in [2.45, 2.75) is 64.9 Å². The van der Waals surface area contributed by atoms with Crippen molar-refractivity contribution in [1.29, 1.82) is 0 Å². The molecular formula is C17H34O4. The van der Waals surface area contributed by atoms with Crippen molar-refractivity contribution >= 4 is 0 Å². The van der Waals surface area contributed by atoms with Gasteiger partial charge < -0.3 is 19.3 Å². The predicted octanol–water partition coefficient (Wildman–Crippen LogP) is 3.17. The summed E-state index contributed by atoms with van der Waals surface area (Å²) in [7, 11) is 0. The van der Waals surface area contributed by atoms with Gasteiger partial charge >= 0.3 is 0 Å². The number of aliphatic hydroxyl groups is 1. The summed E-state index contributed by atoms with van der Waals surface area (Å²) >= 11 is 0. The number of rotatable bonds is 14. The topological polar surface area (TPSA) is 47.9 Å². The molecule has 1 rings (SSSR count). The number of unbranched alkanes of at least 4 members (excludes halogenated alkanes) is 5. The van der Waals surface area contributed by atoms with Gasteiger partial charge in [0, 0.05) is 12.0 Å². The molecular weight excluding hydrogens is 268 g/mol. The van der Waals surface area contributed by atoms with E-state index in [1.54, 1.807) is 0 Å². The minimum absolute atomic E-state index is 0.194. The lowest BCUT2D eigenvalue weighted by Crippen LogP contribution is -2.46. The van der Waals surface area contributed by atoms with Gasteiger partial charge in [0.05, 0.1) is 33.0 Å². The molecule has 1 aliphatic rings. The maximum atomic E-state index is 9.80. The molecule has 126 valence electrons. The zero-order valence-electron chi connectivity index (χ0n) is 13.9. The van der Waals surface area contributed by atoms with Crippen LogP contribution < -0.4 is 0 Å². The molecule has 1 unspecified atom stereocenters. The third-order valence-corrected chi connectivity index (χ3v) is 4.24. The summed E-state index contributed by atoms with van der Waals surface area (Å²) in [6, 6.07) is 0. The first-order chi connectivity index (χ1) is 10.2. The standard InChI is InChI=1S/C17H34O4/c1-3-5-6-7-8-9-10-19-11-16(18)12-20-13-17(4-2)14-21-15-17/h16,18H,3-15H2,1-2H3. The highest BCUT2D eigenvalue weighted by molar-refractivity contribution is 4.83. The molecule has 4 heteroatoms. The van der Waals surface area contributed by atoms with E-state index in [1.165, 1.54) is 32.1 Å². The van der Waals surface area contributed by atoms with Crippen LogP contribution in [0.4, 0.5) is 0 Å². The quantitative estimate of drug-likeness (QED) is 0.501. The largest absolute Gasteiger partial charge is 0.388 e. The van der Waals surface area contributed by atoms with Crippen LogP contribution in [0.3, 0.4) is 0 Å². The fourth-order valence-corrected chi connectivity index (χ4v) is 2.44. The van der Waals surface area contributed by atoms with Crippen LogP contribution in [0.1, 0.15) is 58.8 Å². The molecule has 4 nitrogen and oxygen atoms in total. The molecule has 0 radical (unpaired) electrons. The lowest BCUT2D eigenvalue weighted by atomic mass is 9.84. The molecule has 0 bridgehead atoms. The molecule has 0 saturated carbocycles. The van der Waals surface area contributed by atoms with Crippen LogP contribution >= 0.6 is 0 Å².